The predicted molar refractivity (Wildman–Crippen MR) is 84.6 cm³/mol. The summed E-state index contributed by atoms with van der Waals surface area (Å²) in [5.74, 6) is 0.917. The maximum absolute atomic E-state index is 5.69. The van der Waals surface area contributed by atoms with E-state index in [1.54, 1.807) is 11.3 Å². The van der Waals surface area contributed by atoms with E-state index < -0.39 is 0 Å². The van der Waals surface area contributed by atoms with Crippen LogP contribution in [0.2, 0.25) is 0 Å². The number of hydrogen-bond donors (Lipinski definition) is 1. The van der Waals surface area contributed by atoms with Gasteiger partial charge in [0, 0.05) is 4.88 Å². The number of hydrogen-bond acceptors (Lipinski definition) is 4. The van der Waals surface area contributed by atoms with Crippen molar-refractivity contribution >= 4 is 11.3 Å². The highest BCUT2D eigenvalue weighted by atomic mass is 32.1. The lowest BCUT2D eigenvalue weighted by Crippen LogP contribution is -2.21. The van der Waals surface area contributed by atoms with Crippen molar-refractivity contribution in [1.82, 2.24) is 10.3 Å². The Morgan fingerprint density at radius 2 is 1.95 bits per heavy atom. The van der Waals surface area contributed by atoms with Gasteiger partial charge in [-0.05, 0) is 45.0 Å². The summed E-state index contributed by atoms with van der Waals surface area (Å²) in [5.41, 5.74) is 4.25. The molecule has 0 saturated heterocycles. The number of nitrogens with zero attached hydrogens (tertiary/aromatic N) is 1. The first-order chi connectivity index (χ1) is 9.61. The molecule has 3 nitrogen and oxygen atoms in total. The smallest absolute Gasteiger partial charge is 0.119 e. The summed E-state index contributed by atoms with van der Waals surface area (Å²) in [6.07, 6.45) is 0.203. The Kier molecular flexibility index (Phi) is 5.15. The molecule has 0 spiro atoms. The van der Waals surface area contributed by atoms with E-state index in [9.17, 15) is 0 Å². The minimum absolute atomic E-state index is 0.203. The summed E-state index contributed by atoms with van der Waals surface area (Å²) < 4.78 is 5.69. The molecule has 0 radical (unpaired) electrons. The second-order valence-electron chi connectivity index (χ2n) is 5.03. The third-order valence-electron chi connectivity index (χ3n) is 3.04. The van der Waals surface area contributed by atoms with Gasteiger partial charge < -0.3 is 10.1 Å². The Morgan fingerprint density at radius 1 is 1.25 bits per heavy atom. The van der Waals surface area contributed by atoms with E-state index in [4.69, 9.17) is 4.74 Å². The van der Waals surface area contributed by atoms with Crippen LogP contribution in [0.1, 0.15) is 42.9 Å². The molecule has 2 aromatic rings. The van der Waals surface area contributed by atoms with Gasteiger partial charge in [-0.1, -0.05) is 19.1 Å². The van der Waals surface area contributed by atoms with Crippen LogP contribution < -0.4 is 10.1 Å². The van der Waals surface area contributed by atoms with Crippen molar-refractivity contribution in [3.63, 3.8) is 0 Å². The maximum atomic E-state index is 5.69. The summed E-state index contributed by atoms with van der Waals surface area (Å²) in [4.78, 5) is 5.64. The van der Waals surface area contributed by atoms with E-state index in [2.05, 4.69) is 36.3 Å². The quantitative estimate of drug-likeness (QED) is 0.875. The van der Waals surface area contributed by atoms with Gasteiger partial charge in [0.15, 0.2) is 0 Å². The van der Waals surface area contributed by atoms with Crippen molar-refractivity contribution in [2.75, 3.05) is 6.54 Å². The largest absolute Gasteiger partial charge is 0.491 e. The predicted octanol–water partition coefficient (Wildman–Crippen LogP) is 3.94. The molecule has 0 bridgehead atoms. The highest BCUT2D eigenvalue weighted by molar-refractivity contribution is 7.09. The lowest BCUT2D eigenvalue weighted by Gasteiger charge is -2.18. The molecule has 1 atom stereocenters. The van der Waals surface area contributed by atoms with Crippen LogP contribution in [0.15, 0.2) is 29.8 Å². The molecule has 0 saturated carbocycles. The SMILES string of the molecule is CCNC(c1ccc(OC(C)C)cc1)c1scnc1C. The first kappa shape index (κ1) is 15.0. The van der Waals surface area contributed by atoms with Crippen molar-refractivity contribution < 1.29 is 4.74 Å². The van der Waals surface area contributed by atoms with Crippen LogP contribution in [-0.2, 0) is 0 Å². The topological polar surface area (TPSA) is 34.1 Å². The molecule has 0 fully saturated rings. The van der Waals surface area contributed by atoms with Crippen LogP contribution in [0.4, 0.5) is 0 Å². The Bertz CT molecular complexity index is 534. The third-order valence-corrected chi connectivity index (χ3v) is 4.03. The van der Waals surface area contributed by atoms with Crippen LogP contribution in [0.5, 0.6) is 5.75 Å². The lowest BCUT2D eigenvalue weighted by atomic mass is 10.0. The van der Waals surface area contributed by atoms with Gasteiger partial charge in [0.25, 0.3) is 0 Å². The van der Waals surface area contributed by atoms with Crippen molar-refractivity contribution in [2.24, 2.45) is 0 Å². The van der Waals surface area contributed by atoms with Crippen LogP contribution in [0.25, 0.3) is 0 Å². The molecule has 1 heterocycles. The molecule has 4 heteroatoms. The van der Waals surface area contributed by atoms with Gasteiger partial charge >= 0.3 is 0 Å². The summed E-state index contributed by atoms with van der Waals surface area (Å²) >= 11 is 1.70. The summed E-state index contributed by atoms with van der Waals surface area (Å²) in [5, 5.41) is 3.53. The number of rotatable bonds is 6. The first-order valence-electron chi connectivity index (χ1n) is 7.01. The Balaban J connectivity index is 2.24. The minimum atomic E-state index is 0.203. The molecule has 1 aromatic heterocycles. The lowest BCUT2D eigenvalue weighted by molar-refractivity contribution is 0.242. The fourth-order valence-corrected chi connectivity index (χ4v) is 3.07. The highest BCUT2D eigenvalue weighted by Crippen LogP contribution is 2.29. The number of benzene rings is 1. The van der Waals surface area contributed by atoms with Gasteiger partial charge in [0.2, 0.25) is 0 Å². The Morgan fingerprint density at radius 3 is 2.45 bits per heavy atom. The normalized spacial score (nSPS) is 12.7. The van der Waals surface area contributed by atoms with Gasteiger partial charge in [0.1, 0.15) is 5.75 Å². The molecule has 108 valence electrons. The zero-order valence-corrected chi connectivity index (χ0v) is 13.3. The van der Waals surface area contributed by atoms with Crippen molar-refractivity contribution in [1.29, 1.82) is 0 Å². The number of nitrogens with one attached hydrogen (secondary N) is 1. The molecular weight excluding hydrogens is 268 g/mol. The molecule has 1 unspecified atom stereocenters. The van der Waals surface area contributed by atoms with Crippen LogP contribution in [-0.4, -0.2) is 17.6 Å². The zero-order valence-electron chi connectivity index (χ0n) is 12.5. The second-order valence-corrected chi connectivity index (χ2v) is 5.91. The van der Waals surface area contributed by atoms with E-state index in [0.717, 1.165) is 18.0 Å². The minimum Gasteiger partial charge on any atom is -0.491 e. The third kappa shape index (κ3) is 3.58. The molecule has 0 aliphatic rings. The van der Waals surface area contributed by atoms with E-state index in [1.165, 1.54) is 10.4 Å². The van der Waals surface area contributed by atoms with Crippen molar-refractivity contribution in [2.45, 2.75) is 39.8 Å². The zero-order chi connectivity index (χ0) is 14.5. The Hall–Kier alpha value is -1.39. The van der Waals surface area contributed by atoms with Crippen molar-refractivity contribution in [3.05, 3.63) is 45.9 Å². The average Bonchev–Trinajstić information content (AvgIpc) is 2.83. The average molecular weight is 290 g/mol. The number of aryl methyl sites for hydroxylation is 1. The van der Waals surface area contributed by atoms with Crippen molar-refractivity contribution in [3.8, 4) is 5.75 Å². The van der Waals surface area contributed by atoms with Gasteiger partial charge in [-0.3, -0.25) is 0 Å². The highest BCUT2D eigenvalue weighted by Gasteiger charge is 2.17. The van der Waals surface area contributed by atoms with E-state index in [1.807, 2.05) is 31.5 Å². The van der Waals surface area contributed by atoms with Gasteiger partial charge in [0.05, 0.1) is 23.4 Å². The monoisotopic (exact) mass is 290 g/mol. The maximum Gasteiger partial charge on any atom is 0.119 e. The fraction of sp³-hybridized carbons (Fsp3) is 0.438. The summed E-state index contributed by atoms with van der Waals surface area (Å²) in [6.45, 7) is 9.18. The molecule has 0 aliphatic heterocycles. The van der Waals surface area contributed by atoms with Crippen LogP contribution >= 0.6 is 11.3 Å². The standard InChI is InChI=1S/C16H22N2OS/c1-5-17-15(16-12(4)18-10-20-16)13-6-8-14(9-7-13)19-11(2)3/h6-11,15,17H,5H2,1-4H3. The van der Waals surface area contributed by atoms with Gasteiger partial charge in [-0.2, -0.15) is 0 Å². The number of ether oxygens (including phenoxy) is 1. The molecular formula is C16H22N2OS. The van der Waals surface area contributed by atoms with E-state index >= 15 is 0 Å². The molecule has 2 rings (SSSR count). The van der Waals surface area contributed by atoms with Crippen LogP contribution in [0, 0.1) is 6.92 Å². The van der Waals surface area contributed by atoms with Gasteiger partial charge in [-0.25, -0.2) is 4.98 Å². The molecule has 1 N–H and O–H groups in total. The number of aromatic nitrogens is 1. The molecule has 0 aliphatic carbocycles. The van der Waals surface area contributed by atoms with Gasteiger partial charge in [-0.15, -0.1) is 11.3 Å². The Labute approximate surface area is 125 Å². The first-order valence-corrected chi connectivity index (χ1v) is 7.89. The van der Waals surface area contributed by atoms with Crippen LogP contribution in [0.3, 0.4) is 0 Å². The molecule has 0 amide bonds. The molecule has 1 aromatic carbocycles. The summed E-state index contributed by atoms with van der Waals surface area (Å²) in [7, 11) is 0. The molecule has 20 heavy (non-hydrogen) atoms. The van der Waals surface area contributed by atoms with E-state index in [0.29, 0.717) is 0 Å². The summed E-state index contributed by atoms with van der Waals surface area (Å²) in [6, 6.07) is 8.54. The second kappa shape index (κ2) is 6.86. The number of thiazole rings is 1. The van der Waals surface area contributed by atoms with E-state index in [-0.39, 0.29) is 12.1 Å². The fourth-order valence-electron chi connectivity index (χ4n) is 2.17.